The predicted octanol–water partition coefficient (Wildman–Crippen LogP) is 1.69. The topological polar surface area (TPSA) is 66.4 Å². The van der Waals surface area contributed by atoms with Gasteiger partial charge >= 0.3 is 5.97 Å². The lowest BCUT2D eigenvalue weighted by Crippen LogP contribution is -2.43. The first-order valence-electron chi connectivity index (χ1n) is 4.86. The van der Waals surface area contributed by atoms with E-state index in [9.17, 15) is 9.59 Å². The average Bonchev–Trinajstić information content (AvgIpc) is 2.99. The summed E-state index contributed by atoms with van der Waals surface area (Å²) in [5.74, 6) is -1.43. The van der Waals surface area contributed by atoms with E-state index in [1.165, 1.54) is 0 Å². The standard InChI is InChI=1S/C11H10ClNO3/c12-8-4-2-1-3-7(8)9(14)13-11(5-6-11)10(15)16/h1-4H,5-6H2,(H,13,14)(H,15,16). The number of carbonyl (C=O) groups excluding carboxylic acids is 1. The summed E-state index contributed by atoms with van der Waals surface area (Å²) < 4.78 is 0. The van der Waals surface area contributed by atoms with Crippen LogP contribution in [0.2, 0.25) is 5.02 Å². The second-order valence-electron chi connectivity index (χ2n) is 3.82. The summed E-state index contributed by atoms with van der Waals surface area (Å²) in [6.07, 6.45) is 0.942. The molecule has 1 amide bonds. The molecule has 84 valence electrons. The third-order valence-corrected chi connectivity index (χ3v) is 2.96. The largest absolute Gasteiger partial charge is 0.480 e. The molecule has 1 aromatic rings. The summed E-state index contributed by atoms with van der Waals surface area (Å²) in [6, 6.07) is 6.55. The Kier molecular flexibility index (Phi) is 2.59. The van der Waals surface area contributed by atoms with Gasteiger partial charge in [-0.15, -0.1) is 0 Å². The quantitative estimate of drug-likeness (QED) is 0.844. The van der Waals surface area contributed by atoms with Crippen molar-refractivity contribution in [1.82, 2.24) is 5.32 Å². The molecule has 1 saturated carbocycles. The number of carboxylic acids is 1. The first-order chi connectivity index (χ1) is 7.55. The SMILES string of the molecule is O=C(NC1(C(=O)O)CC1)c1ccccc1Cl. The van der Waals surface area contributed by atoms with Crippen molar-refractivity contribution >= 4 is 23.5 Å². The maximum atomic E-state index is 11.8. The van der Waals surface area contributed by atoms with Gasteiger partial charge in [0.2, 0.25) is 0 Å². The molecule has 0 radical (unpaired) electrons. The molecule has 2 N–H and O–H groups in total. The third-order valence-electron chi connectivity index (χ3n) is 2.63. The molecule has 1 aliphatic carbocycles. The number of nitrogens with one attached hydrogen (secondary N) is 1. The summed E-state index contributed by atoms with van der Waals surface area (Å²) >= 11 is 5.84. The fraction of sp³-hybridized carbons (Fsp3) is 0.273. The van der Waals surface area contributed by atoms with Crippen molar-refractivity contribution in [2.45, 2.75) is 18.4 Å². The summed E-state index contributed by atoms with van der Waals surface area (Å²) in [5.41, 5.74) is -0.771. The Morgan fingerprint density at radius 2 is 1.94 bits per heavy atom. The number of benzene rings is 1. The van der Waals surface area contributed by atoms with Crippen LogP contribution in [-0.2, 0) is 4.79 Å². The lowest BCUT2D eigenvalue weighted by molar-refractivity contribution is -0.140. The molecule has 2 rings (SSSR count). The zero-order valence-corrected chi connectivity index (χ0v) is 9.12. The van der Waals surface area contributed by atoms with E-state index >= 15 is 0 Å². The van der Waals surface area contributed by atoms with E-state index in [0.717, 1.165) is 0 Å². The Bertz CT molecular complexity index is 454. The lowest BCUT2D eigenvalue weighted by Gasteiger charge is -2.12. The van der Waals surface area contributed by atoms with Gasteiger partial charge in [-0.25, -0.2) is 4.79 Å². The summed E-state index contributed by atoms with van der Waals surface area (Å²) in [6.45, 7) is 0. The highest BCUT2D eigenvalue weighted by molar-refractivity contribution is 6.33. The molecular formula is C11H10ClNO3. The van der Waals surface area contributed by atoms with Crippen LogP contribution in [-0.4, -0.2) is 22.5 Å². The minimum absolute atomic E-state index is 0.302. The van der Waals surface area contributed by atoms with Gasteiger partial charge < -0.3 is 10.4 Å². The zero-order chi connectivity index (χ0) is 11.8. The maximum Gasteiger partial charge on any atom is 0.329 e. The first kappa shape index (κ1) is 11.0. The van der Waals surface area contributed by atoms with Crippen LogP contribution in [0.5, 0.6) is 0 Å². The highest BCUT2D eigenvalue weighted by Gasteiger charge is 2.51. The van der Waals surface area contributed by atoms with E-state index in [-0.39, 0.29) is 0 Å². The number of rotatable bonds is 3. The van der Waals surface area contributed by atoms with E-state index in [2.05, 4.69) is 5.32 Å². The number of carboxylic acid groups (broad SMARTS) is 1. The van der Waals surface area contributed by atoms with Crippen molar-refractivity contribution in [3.8, 4) is 0 Å². The molecule has 16 heavy (non-hydrogen) atoms. The second kappa shape index (κ2) is 3.79. The van der Waals surface area contributed by atoms with Crippen molar-refractivity contribution in [1.29, 1.82) is 0 Å². The molecule has 1 aromatic carbocycles. The Hall–Kier alpha value is -1.55. The first-order valence-corrected chi connectivity index (χ1v) is 5.23. The van der Waals surface area contributed by atoms with Crippen molar-refractivity contribution in [3.63, 3.8) is 0 Å². The lowest BCUT2D eigenvalue weighted by atomic mass is 10.2. The molecule has 0 heterocycles. The number of halogens is 1. The number of hydrogen-bond acceptors (Lipinski definition) is 2. The van der Waals surface area contributed by atoms with E-state index in [4.69, 9.17) is 16.7 Å². The second-order valence-corrected chi connectivity index (χ2v) is 4.23. The van der Waals surface area contributed by atoms with E-state index in [1.807, 2.05) is 0 Å². The third kappa shape index (κ3) is 1.88. The normalized spacial score (nSPS) is 16.6. The highest BCUT2D eigenvalue weighted by Crippen LogP contribution is 2.36. The Labute approximate surface area is 97.2 Å². The van der Waals surface area contributed by atoms with Crippen LogP contribution >= 0.6 is 11.6 Å². The van der Waals surface area contributed by atoms with Gasteiger partial charge in [0.05, 0.1) is 10.6 Å². The number of hydrogen-bond donors (Lipinski definition) is 2. The molecule has 0 spiro atoms. The van der Waals surface area contributed by atoms with Crippen molar-refractivity contribution < 1.29 is 14.7 Å². The Morgan fingerprint density at radius 1 is 1.31 bits per heavy atom. The number of amides is 1. The number of carbonyl (C=O) groups is 2. The summed E-state index contributed by atoms with van der Waals surface area (Å²) in [7, 11) is 0. The molecule has 0 bridgehead atoms. The van der Waals surface area contributed by atoms with Crippen LogP contribution in [0.15, 0.2) is 24.3 Å². The van der Waals surface area contributed by atoms with Gasteiger partial charge in [0, 0.05) is 0 Å². The monoisotopic (exact) mass is 239 g/mol. The minimum Gasteiger partial charge on any atom is -0.480 e. The summed E-state index contributed by atoms with van der Waals surface area (Å²) in [4.78, 5) is 22.7. The van der Waals surface area contributed by atoms with Gasteiger partial charge in [0.15, 0.2) is 0 Å². The Balaban J connectivity index is 2.16. The molecule has 0 atom stereocenters. The molecule has 0 aromatic heterocycles. The van der Waals surface area contributed by atoms with Gasteiger partial charge in [-0.1, -0.05) is 23.7 Å². The fourth-order valence-corrected chi connectivity index (χ4v) is 1.67. The van der Waals surface area contributed by atoms with Crippen LogP contribution in [0.1, 0.15) is 23.2 Å². The van der Waals surface area contributed by atoms with Crippen molar-refractivity contribution in [2.75, 3.05) is 0 Å². The van der Waals surface area contributed by atoms with E-state index in [1.54, 1.807) is 24.3 Å². The van der Waals surface area contributed by atoms with Crippen LogP contribution in [0.4, 0.5) is 0 Å². The molecule has 0 unspecified atom stereocenters. The molecule has 1 aliphatic rings. The molecule has 0 saturated heterocycles. The van der Waals surface area contributed by atoms with E-state index in [0.29, 0.717) is 23.4 Å². The van der Waals surface area contributed by atoms with Gasteiger partial charge in [0.25, 0.3) is 5.91 Å². The fourth-order valence-electron chi connectivity index (χ4n) is 1.45. The zero-order valence-electron chi connectivity index (χ0n) is 8.37. The molecule has 1 fully saturated rings. The number of aliphatic carboxylic acids is 1. The van der Waals surface area contributed by atoms with Crippen molar-refractivity contribution in [2.24, 2.45) is 0 Å². The van der Waals surface area contributed by atoms with E-state index < -0.39 is 17.4 Å². The van der Waals surface area contributed by atoms with Crippen LogP contribution in [0.25, 0.3) is 0 Å². The molecule has 4 nitrogen and oxygen atoms in total. The smallest absolute Gasteiger partial charge is 0.329 e. The van der Waals surface area contributed by atoms with Gasteiger partial charge in [-0.2, -0.15) is 0 Å². The van der Waals surface area contributed by atoms with Gasteiger partial charge in [-0.05, 0) is 25.0 Å². The van der Waals surface area contributed by atoms with Crippen LogP contribution in [0.3, 0.4) is 0 Å². The van der Waals surface area contributed by atoms with Crippen LogP contribution < -0.4 is 5.32 Å². The molecule has 5 heteroatoms. The van der Waals surface area contributed by atoms with Crippen LogP contribution in [0, 0.1) is 0 Å². The van der Waals surface area contributed by atoms with Crippen molar-refractivity contribution in [3.05, 3.63) is 34.9 Å². The average molecular weight is 240 g/mol. The minimum atomic E-state index is -1.07. The molecule has 0 aliphatic heterocycles. The maximum absolute atomic E-state index is 11.8. The Morgan fingerprint density at radius 3 is 2.44 bits per heavy atom. The predicted molar refractivity (Wildman–Crippen MR) is 58.5 cm³/mol. The van der Waals surface area contributed by atoms with Gasteiger partial charge in [-0.3, -0.25) is 4.79 Å². The highest BCUT2D eigenvalue weighted by atomic mass is 35.5. The molecular weight excluding hydrogens is 230 g/mol. The van der Waals surface area contributed by atoms with Gasteiger partial charge in [0.1, 0.15) is 5.54 Å². The summed E-state index contributed by atoms with van der Waals surface area (Å²) in [5, 5.41) is 11.7.